The molecule has 0 saturated carbocycles. The van der Waals surface area contributed by atoms with E-state index in [0.717, 1.165) is 0 Å². The number of hydrogen-bond acceptors (Lipinski definition) is 5. The minimum absolute atomic E-state index is 0.0108. The molecule has 0 spiro atoms. The maximum Gasteiger partial charge on any atom is 0.271 e. The number of sulfone groups is 1. The second-order valence-electron chi connectivity index (χ2n) is 4.87. The smallest absolute Gasteiger partial charge is 0.271 e. The van der Waals surface area contributed by atoms with Crippen molar-refractivity contribution in [1.29, 1.82) is 0 Å². The Labute approximate surface area is 142 Å². The number of carbonyl (C=O) groups excluding carboxylic acids is 1. The highest BCUT2D eigenvalue weighted by molar-refractivity contribution is 7.91. The highest BCUT2D eigenvalue weighted by Crippen LogP contribution is 2.26. The molecule has 1 amide bonds. The van der Waals surface area contributed by atoms with Crippen molar-refractivity contribution in [3.05, 3.63) is 59.2 Å². The zero-order valence-corrected chi connectivity index (χ0v) is 13.7. The van der Waals surface area contributed by atoms with Gasteiger partial charge in [-0.3, -0.25) is 4.79 Å². The Hall–Kier alpha value is -2.71. The van der Waals surface area contributed by atoms with Crippen molar-refractivity contribution in [2.24, 2.45) is 5.73 Å². The van der Waals surface area contributed by atoms with Gasteiger partial charge >= 0.3 is 0 Å². The lowest BCUT2D eigenvalue weighted by Crippen LogP contribution is -2.12. The summed E-state index contributed by atoms with van der Waals surface area (Å²) >= 11 is 5.78. The molecule has 0 aliphatic heterocycles. The van der Waals surface area contributed by atoms with Crippen LogP contribution in [0.3, 0.4) is 0 Å². The number of carbonyl (C=O) groups is 1. The van der Waals surface area contributed by atoms with Crippen molar-refractivity contribution in [2.75, 3.05) is 0 Å². The number of amides is 1. The van der Waals surface area contributed by atoms with Gasteiger partial charge in [-0.2, -0.15) is 15.4 Å². The van der Waals surface area contributed by atoms with Crippen molar-refractivity contribution >= 4 is 27.3 Å². The third kappa shape index (κ3) is 2.89. The number of nitrogens with one attached hydrogen (secondary N) is 1. The maximum atomic E-state index is 12.6. The largest absolute Gasteiger partial charge is 0.364 e. The molecular formula is C15H11ClN4O3S. The summed E-state index contributed by atoms with van der Waals surface area (Å²) in [5, 5.41) is 10.3. The van der Waals surface area contributed by atoms with Crippen LogP contribution < -0.4 is 5.73 Å². The molecule has 3 N–H and O–H groups in total. The molecule has 3 rings (SSSR count). The average molecular weight is 363 g/mol. The van der Waals surface area contributed by atoms with Gasteiger partial charge in [0.25, 0.3) is 5.91 Å². The van der Waals surface area contributed by atoms with Crippen molar-refractivity contribution in [3.63, 3.8) is 0 Å². The van der Waals surface area contributed by atoms with E-state index in [4.69, 9.17) is 17.3 Å². The summed E-state index contributed by atoms with van der Waals surface area (Å²) in [4.78, 5) is 11.5. The summed E-state index contributed by atoms with van der Waals surface area (Å²) in [6.45, 7) is 0. The van der Waals surface area contributed by atoms with Gasteiger partial charge in [0, 0.05) is 10.6 Å². The lowest BCUT2D eigenvalue weighted by molar-refractivity contribution is 0.0996. The topological polar surface area (TPSA) is 119 Å². The van der Waals surface area contributed by atoms with Gasteiger partial charge in [-0.1, -0.05) is 23.7 Å². The van der Waals surface area contributed by atoms with E-state index in [1.807, 2.05) is 0 Å². The van der Waals surface area contributed by atoms with Crippen LogP contribution in [0.25, 0.3) is 11.3 Å². The lowest BCUT2D eigenvalue weighted by atomic mass is 10.1. The summed E-state index contributed by atoms with van der Waals surface area (Å²) < 4.78 is 25.1. The van der Waals surface area contributed by atoms with Crippen molar-refractivity contribution in [3.8, 4) is 11.3 Å². The second kappa shape index (κ2) is 6.06. The monoisotopic (exact) mass is 362 g/mol. The van der Waals surface area contributed by atoms with Gasteiger partial charge in [0.15, 0.2) is 5.69 Å². The van der Waals surface area contributed by atoms with E-state index in [9.17, 15) is 13.2 Å². The number of primary amides is 1. The molecule has 122 valence electrons. The van der Waals surface area contributed by atoms with Crippen LogP contribution in [0.4, 0.5) is 0 Å². The Morgan fingerprint density at radius 2 is 1.50 bits per heavy atom. The number of rotatable bonds is 4. The number of aromatic nitrogens is 3. The zero-order valence-electron chi connectivity index (χ0n) is 12.1. The first-order valence-corrected chi connectivity index (χ1v) is 8.57. The third-order valence-electron chi connectivity index (χ3n) is 3.34. The van der Waals surface area contributed by atoms with Crippen LogP contribution in [0.2, 0.25) is 5.02 Å². The Balaban J connectivity index is 1.99. The van der Waals surface area contributed by atoms with E-state index in [1.54, 1.807) is 0 Å². The van der Waals surface area contributed by atoms with Gasteiger partial charge in [-0.05, 0) is 36.4 Å². The van der Waals surface area contributed by atoms with Gasteiger partial charge < -0.3 is 5.73 Å². The number of H-pyrrole nitrogens is 1. The second-order valence-corrected chi connectivity index (χ2v) is 7.25. The summed E-state index contributed by atoms with van der Waals surface area (Å²) in [5.74, 6) is -0.725. The summed E-state index contributed by atoms with van der Waals surface area (Å²) in [5.41, 5.74) is 5.99. The fourth-order valence-electron chi connectivity index (χ4n) is 2.15. The third-order valence-corrected chi connectivity index (χ3v) is 5.38. The summed E-state index contributed by atoms with van der Waals surface area (Å²) in [7, 11) is -3.66. The highest BCUT2D eigenvalue weighted by atomic mass is 35.5. The molecule has 3 aromatic rings. The van der Waals surface area contributed by atoms with E-state index in [-0.39, 0.29) is 21.2 Å². The van der Waals surface area contributed by atoms with Crippen LogP contribution in [0.15, 0.2) is 58.3 Å². The molecule has 1 heterocycles. The van der Waals surface area contributed by atoms with Crippen molar-refractivity contribution in [2.45, 2.75) is 9.79 Å². The number of nitrogens with two attached hydrogens (primary N) is 1. The maximum absolute atomic E-state index is 12.6. The van der Waals surface area contributed by atoms with Gasteiger partial charge in [0.2, 0.25) is 9.84 Å². The number of hydrogen-bond donors (Lipinski definition) is 2. The first-order valence-electron chi connectivity index (χ1n) is 6.71. The predicted molar refractivity (Wildman–Crippen MR) is 87.2 cm³/mol. The van der Waals surface area contributed by atoms with Crippen molar-refractivity contribution < 1.29 is 13.2 Å². The normalized spacial score (nSPS) is 11.4. The van der Waals surface area contributed by atoms with E-state index in [1.165, 1.54) is 48.5 Å². The average Bonchev–Trinajstić information content (AvgIpc) is 3.05. The molecule has 0 aliphatic rings. The lowest BCUT2D eigenvalue weighted by Gasteiger charge is -2.06. The Morgan fingerprint density at radius 1 is 0.958 bits per heavy atom. The predicted octanol–water partition coefficient (Wildman–Crippen LogP) is 2.06. The molecule has 0 aliphatic carbocycles. The minimum atomic E-state index is -3.66. The molecule has 0 radical (unpaired) electrons. The van der Waals surface area contributed by atoms with Gasteiger partial charge in [0.05, 0.1) is 9.79 Å². The van der Waals surface area contributed by atoms with Crippen LogP contribution in [-0.4, -0.2) is 29.7 Å². The number of benzene rings is 2. The zero-order chi connectivity index (χ0) is 17.3. The number of nitrogens with zero attached hydrogens (tertiary/aromatic N) is 2. The van der Waals surface area contributed by atoms with E-state index < -0.39 is 15.7 Å². The first kappa shape index (κ1) is 16.2. The number of aromatic amines is 1. The Bertz CT molecular complexity index is 996. The van der Waals surface area contributed by atoms with Gasteiger partial charge in [0.1, 0.15) is 5.69 Å². The van der Waals surface area contributed by atoms with Crippen LogP contribution in [0.5, 0.6) is 0 Å². The molecule has 0 fully saturated rings. The molecular weight excluding hydrogens is 352 g/mol. The molecule has 0 saturated heterocycles. The SMILES string of the molecule is NC(=O)c1n[nH]nc1-c1ccc(S(=O)(=O)c2ccc(Cl)cc2)cc1. The minimum Gasteiger partial charge on any atom is -0.364 e. The first-order chi connectivity index (χ1) is 11.4. The van der Waals surface area contributed by atoms with E-state index in [2.05, 4.69) is 15.4 Å². The number of halogens is 1. The molecule has 24 heavy (non-hydrogen) atoms. The molecule has 2 aromatic carbocycles. The van der Waals surface area contributed by atoms with E-state index >= 15 is 0 Å². The molecule has 9 heteroatoms. The standard InChI is InChI=1S/C15H11ClN4O3S/c16-10-3-7-12(8-4-10)24(22,23)11-5-1-9(2-6-11)13-14(15(17)21)19-20-18-13/h1-8H,(H2,17,21)(H,18,19,20). The molecule has 1 aromatic heterocycles. The summed E-state index contributed by atoms with van der Waals surface area (Å²) in [6.07, 6.45) is 0. The van der Waals surface area contributed by atoms with Crippen LogP contribution in [-0.2, 0) is 9.84 Å². The molecule has 0 unspecified atom stereocenters. The fourth-order valence-corrected chi connectivity index (χ4v) is 3.53. The summed E-state index contributed by atoms with van der Waals surface area (Å²) in [6, 6.07) is 11.8. The van der Waals surface area contributed by atoms with Crippen molar-refractivity contribution in [1.82, 2.24) is 15.4 Å². The van der Waals surface area contributed by atoms with Gasteiger partial charge in [-0.25, -0.2) is 8.42 Å². The van der Waals surface area contributed by atoms with E-state index in [0.29, 0.717) is 10.6 Å². The van der Waals surface area contributed by atoms with Crippen LogP contribution >= 0.6 is 11.6 Å². The quantitative estimate of drug-likeness (QED) is 0.736. The Morgan fingerprint density at radius 3 is 2.04 bits per heavy atom. The van der Waals surface area contributed by atoms with Crippen LogP contribution in [0.1, 0.15) is 10.5 Å². The Kier molecular flexibility index (Phi) is 4.08. The molecule has 0 atom stereocenters. The van der Waals surface area contributed by atoms with Gasteiger partial charge in [-0.15, -0.1) is 0 Å². The van der Waals surface area contributed by atoms with Crippen LogP contribution in [0, 0.1) is 0 Å². The highest BCUT2D eigenvalue weighted by Gasteiger charge is 2.19. The molecule has 7 nitrogen and oxygen atoms in total. The fraction of sp³-hybridized carbons (Fsp3) is 0. The molecule has 0 bridgehead atoms.